The largest absolute Gasteiger partial charge is 0.394 e. The Balaban J connectivity index is 1.43. The van der Waals surface area contributed by atoms with E-state index in [0.717, 1.165) is 17.5 Å². The summed E-state index contributed by atoms with van der Waals surface area (Å²) in [5.41, 5.74) is 14.7. The van der Waals surface area contributed by atoms with Crippen LogP contribution in [0.15, 0.2) is 47.5 Å². The van der Waals surface area contributed by atoms with Gasteiger partial charge in [-0.05, 0) is 49.2 Å². The van der Waals surface area contributed by atoms with E-state index in [1.54, 1.807) is 29.2 Å². The Hall–Kier alpha value is -3.60. The van der Waals surface area contributed by atoms with Crippen LogP contribution in [0.1, 0.15) is 40.7 Å². The number of carbonyl (C=O) groups is 3. The van der Waals surface area contributed by atoms with Gasteiger partial charge in [-0.25, -0.2) is 4.99 Å². The number of aliphatic imine (C=N–C) groups is 1. The third-order valence-corrected chi connectivity index (χ3v) is 5.92. The standard InChI is InChI=1S/C24H28N6O4/c25-10-4-3-7-18(26)22(32)29-20(13-31)23(33)27-15-8-9-19-14(11-15)12-30-21(28-19)16-5-1-2-6-17(16)24(30)34/h1-2,5-6,8-9,11,18,20,31H,3-4,7,10,12-13,25-26H2,(H,27,33)(H,29,32)/t18-,20-/m0/s1. The summed E-state index contributed by atoms with van der Waals surface area (Å²) in [6, 6.07) is 10.6. The summed E-state index contributed by atoms with van der Waals surface area (Å²) in [7, 11) is 0. The van der Waals surface area contributed by atoms with Crippen molar-refractivity contribution in [3.63, 3.8) is 0 Å². The van der Waals surface area contributed by atoms with Gasteiger partial charge in [0.25, 0.3) is 5.91 Å². The van der Waals surface area contributed by atoms with Crippen LogP contribution in [0.25, 0.3) is 0 Å². The van der Waals surface area contributed by atoms with Gasteiger partial charge in [0.2, 0.25) is 11.8 Å². The van der Waals surface area contributed by atoms with Crippen molar-refractivity contribution in [2.75, 3.05) is 18.5 Å². The van der Waals surface area contributed by atoms with E-state index in [-0.39, 0.29) is 5.91 Å². The smallest absolute Gasteiger partial charge is 0.260 e. The fraction of sp³-hybridized carbons (Fsp3) is 0.333. The number of fused-ring (bicyclic) bond motifs is 4. The molecule has 0 spiro atoms. The highest BCUT2D eigenvalue weighted by molar-refractivity contribution is 6.24. The number of benzene rings is 2. The maximum absolute atomic E-state index is 12.8. The molecule has 178 valence electrons. The third-order valence-electron chi connectivity index (χ3n) is 5.92. The number of nitrogens with one attached hydrogen (secondary N) is 2. The van der Waals surface area contributed by atoms with Crippen LogP contribution in [-0.2, 0) is 16.1 Å². The van der Waals surface area contributed by atoms with Crippen molar-refractivity contribution in [2.45, 2.75) is 37.9 Å². The molecule has 4 rings (SSSR count). The van der Waals surface area contributed by atoms with Crippen molar-refractivity contribution in [1.29, 1.82) is 0 Å². The number of unbranched alkanes of at least 4 members (excludes halogenated alkanes) is 1. The molecule has 2 atom stereocenters. The Morgan fingerprint density at radius 3 is 2.62 bits per heavy atom. The second-order valence-electron chi connectivity index (χ2n) is 8.34. The van der Waals surface area contributed by atoms with E-state index < -0.39 is 30.5 Å². The van der Waals surface area contributed by atoms with Crippen molar-refractivity contribution in [3.8, 4) is 0 Å². The first kappa shape index (κ1) is 23.6. The van der Waals surface area contributed by atoms with Crippen molar-refractivity contribution < 1.29 is 19.5 Å². The number of amidine groups is 1. The van der Waals surface area contributed by atoms with Gasteiger partial charge in [-0.2, -0.15) is 0 Å². The number of rotatable bonds is 9. The van der Waals surface area contributed by atoms with Crippen molar-refractivity contribution >= 4 is 34.9 Å². The predicted octanol–water partition coefficient (Wildman–Crippen LogP) is 0.606. The van der Waals surface area contributed by atoms with Crippen LogP contribution in [0.4, 0.5) is 11.4 Å². The molecular formula is C24H28N6O4. The number of nitrogens with two attached hydrogens (primary N) is 2. The molecule has 3 amide bonds. The lowest BCUT2D eigenvalue weighted by molar-refractivity contribution is -0.128. The summed E-state index contributed by atoms with van der Waals surface area (Å²) in [5, 5.41) is 14.8. The first-order chi connectivity index (χ1) is 16.4. The summed E-state index contributed by atoms with van der Waals surface area (Å²) >= 11 is 0. The van der Waals surface area contributed by atoms with Gasteiger partial charge in [-0.1, -0.05) is 24.6 Å². The summed E-state index contributed by atoms with van der Waals surface area (Å²) in [4.78, 5) is 44.0. The molecule has 0 saturated carbocycles. The highest BCUT2D eigenvalue weighted by atomic mass is 16.3. The first-order valence-electron chi connectivity index (χ1n) is 11.2. The van der Waals surface area contributed by atoms with Crippen molar-refractivity contribution in [3.05, 3.63) is 59.2 Å². The molecule has 2 aromatic carbocycles. The molecule has 0 aromatic heterocycles. The maximum atomic E-state index is 12.8. The zero-order valence-electron chi connectivity index (χ0n) is 18.7. The molecule has 2 aliphatic rings. The van der Waals surface area contributed by atoms with E-state index in [2.05, 4.69) is 15.6 Å². The lowest BCUT2D eigenvalue weighted by Crippen LogP contribution is -2.51. The quantitative estimate of drug-likeness (QED) is 0.341. The average molecular weight is 465 g/mol. The van der Waals surface area contributed by atoms with Gasteiger partial charge in [-0.15, -0.1) is 0 Å². The van der Waals surface area contributed by atoms with Gasteiger partial charge in [0.1, 0.15) is 11.9 Å². The second kappa shape index (κ2) is 10.1. The highest BCUT2D eigenvalue weighted by Gasteiger charge is 2.36. The van der Waals surface area contributed by atoms with Gasteiger partial charge < -0.3 is 27.2 Å². The average Bonchev–Trinajstić information content (AvgIpc) is 3.12. The fourth-order valence-electron chi connectivity index (χ4n) is 4.04. The predicted molar refractivity (Wildman–Crippen MR) is 127 cm³/mol. The Morgan fingerprint density at radius 1 is 1.12 bits per heavy atom. The molecular weight excluding hydrogens is 436 g/mol. The molecule has 2 aliphatic heterocycles. The van der Waals surface area contributed by atoms with Gasteiger partial charge >= 0.3 is 0 Å². The molecule has 10 heteroatoms. The minimum Gasteiger partial charge on any atom is -0.394 e. The van der Waals surface area contributed by atoms with E-state index in [4.69, 9.17) is 11.5 Å². The summed E-state index contributed by atoms with van der Waals surface area (Å²) in [5.74, 6) is -0.573. The maximum Gasteiger partial charge on any atom is 0.260 e. The molecule has 0 bridgehead atoms. The van der Waals surface area contributed by atoms with E-state index >= 15 is 0 Å². The molecule has 7 N–H and O–H groups in total. The van der Waals surface area contributed by atoms with Crippen LogP contribution in [0.3, 0.4) is 0 Å². The minimum absolute atomic E-state index is 0.111. The van der Waals surface area contributed by atoms with E-state index in [1.807, 2.05) is 18.2 Å². The molecule has 34 heavy (non-hydrogen) atoms. The first-order valence-corrected chi connectivity index (χ1v) is 11.2. The molecule has 0 aliphatic carbocycles. The van der Waals surface area contributed by atoms with Gasteiger partial charge in [-0.3, -0.25) is 19.3 Å². The molecule has 0 radical (unpaired) electrons. The van der Waals surface area contributed by atoms with Gasteiger partial charge in [0.15, 0.2) is 0 Å². The number of amides is 3. The zero-order chi connectivity index (χ0) is 24.2. The number of hydrogen-bond acceptors (Lipinski definition) is 7. The van der Waals surface area contributed by atoms with Crippen LogP contribution < -0.4 is 22.1 Å². The van der Waals surface area contributed by atoms with Crippen LogP contribution in [0.5, 0.6) is 0 Å². The summed E-state index contributed by atoms with van der Waals surface area (Å²) in [6.45, 7) is 0.262. The lowest BCUT2D eigenvalue weighted by atomic mass is 10.1. The summed E-state index contributed by atoms with van der Waals surface area (Å²) < 4.78 is 0. The highest BCUT2D eigenvalue weighted by Crippen LogP contribution is 2.35. The Morgan fingerprint density at radius 2 is 1.88 bits per heavy atom. The van der Waals surface area contributed by atoms with Crippen molar-refractivity contribution in [1.82, 2.24) is 10.2 Å². The number of hydrogen-bond donors (Lipinski definition) is 5. The number of anilines is 1. The number of carbonyl (C=O) groups excluding carboxylic acids is 3. The van der Waals surface area contributed by atoms with Crippen LogP contribution in [0, 0.1) is 0 Å². The van der Waals surface area contributed by atoms with Crippen LogP contribution in [0.2, 0.25) is 0 Å². The van der Waals surface area contributed by atoms with Gasteiger partial charge in [0.05, 0.1) is 30.4 Å². The van der Waals surface area contributed by atoms with Crippen LogP contribution in [-0.4, -0.2) is 58.8 Å². The van der Waals surface area contributed by atoms with Gasteiger partial charge in [0, 0.05) is 11.3 Å². The number of nitrogens with zero attached hydrogens (tertiary/aromatic N) is 2. The number of aliphatic hydroxyl groups excluding tert-OH is 1. The molecule has 0 unspecified atom stereocenters. The van der Waals surface area contributed by atoms with E-state index in [0.29, 0.717) is 48.7 Å². The van der Waals surface area contributed by atoms with Crippen molar-refractivity contribution in [2.24, 2.45) is 16.5 Å². The second-order valence-corrected chi connectivity index (χ2v) is 8.34. The monoisotopic (exact) mass is 464 g/mol. The Kier molecular flexibility index (Phi) is 7.01. The van der Waals surface area contributed by atoms with E-state index in [1.165, 1.54) is 0 Å². The minimum atomic E-state index is -1.15. The SMILES string of the molecule is NCCCC[C@H](N)C(=O)N[C@@H](CO)C(=O)Nc1ccc2c(c1)CN1C(=O)c3ccccc3C1=N2. The lowest BCUT2D eigenvalue weighted by Gasteiger charge is -2.24. The molecule has 2 heterocycles. The number of aliphatic hydroxyl groups is 1. The Bertz CT molecular complexity index is 1150. The Labute approximate surface area is 197 Å². The summed E-state index contributed by atoms with van der Waals surface area (Å²) in [6.07, 6.45) is 1.89. The van der Waals surface area contributed by atoms with E-state index in [9.17, 15) is 19.5 Å². The molecule has 2 aromatic rings. The zero-order valence-corrected chi connectivity index (χ0v) is 18.7. The normalized spacial score (nSPS) is 15.6. The molecule has 0 saturated heterocycles. The molecule has 10 nitrogen and oxygen atoms in total. The fourth-order valence-corrected chi connectivity index (χ4v) is 4.04. The van der Waals surface area contributed by atoms with Crippen LogP contribution >= 0.6 is 0 Å². The third kappa shape index (κ3) is 4.69. The molecule has 0 fully saturated rings. The topological polar surface area (TPSA) is 163 Å².